The van der Waals surface area contributed by atoms with Crippen LogP contribution in [0.5, 0.6) is 0 Å². The van der Waals surface area contributed by atoms with Crippen molar-refractivity contribution >= 4 is 5.97 Å². The molecule has 0 unspecified atom stereocenters. The Balaban J connectivity index is -0.0000000570. The van der Waals surface area contributed by atoms with Crippen LogP contribution < -0.4 is 0 Å². The van der Waals surface area contributed by atoms with E-state index in [4.69, 9.17) is 20.4 Å². The summed E-state index contributed by atoms with van der Waals surface area (Å²) in [7, 11) is 0. The van der Waals surface area contributed by atoms with Crippen molar-refractivity contribution in [1.29, 1.82) is 0 Å². The standard InChI is InChI=1S/C6H12O2.3C3H8O.Ti/c1-2-3-4-5-6(7)8;3*1-3(2)4;/h2-5H2,1H3,(H,7,8);3*3-4H,1-2H3;. The van der Waals surface area contributed by atoms with Crippen molar-refractivity contribution in [2.45, 2.75) is 92.5 Å². The van der Waals surface area contributed by atoms with E-state index in [0.29, 0.717) is 6.42 Å². The predicted molar refractivity (Wildman–Crippen MR) is 83.8 cm³/mol. The molecule has 4 N–H and O–H groups in total. The maximum atomic E-state index is 9.87. The van der Waals surface area contributed by atoms with Crippen molar-refractivity contribution in [3.63, 3.8) is 0 Å². The van der Waals surface area contributed by atoms with Crippen LogP contribution in [-0.4, -0.2) is 44.7 Å². The molecule has 130 valence electrons. The average Bonchev–Trinajstić information content (AvgIpc) is 2.14. The van der Waals surface area contributed by atoms with Crippen molar-refractivity contribution in [2.75, 3.05) is 0 Å². The van der Waals surface area contributed by atoms with Crippen molar-refractivity contribution in [2.24, 2.45) is 0 Å². The molecule has 6 heteroatoms. The SMILES string of the molecule is CC(C)O.CC(C)O.CC(C)O.CCCCCC(=O)O.[Ti]. The fraction of sp³-hybridized carbons (Fsp3) is 0.933. The molecule has 0 aromatic rings. The molecule has 0 spiro atoms. The van der Waals surface area contributed by atoms with Crippen LogP contribution in [0.2, 0.25) is 0 Å². The third-order valence-electron chi connectivity index (χ3n) is 0.994. The Labute approximate surface area is 145 Å². The molecule has 0 heterocycles. The van der Waals surface area contributed by atoms with Crippen LogP contribution in [0.3, 0.4) is 0 Å². The first-order valence-corrected chi connectivity index (χ1v) is 7.23. The number of rotatable bonds is 4. The van der Waals surface area contributed by atoms with Crippen molar-refractivity contribution < 1.29 is 46.9 Å². The maximum absolute atomic E-state index is 9.87. The zero-order valence-corrected chi connectivity index (χ0v) is 16.3. The number of aliphatic hydroxyl groups is 3. The van der Waals surface area contributed by atoms with Crippen molar-refractivity contribution in [3.05, 3.63) is 0 Å². The number of unbranched alkanes of at least 4 members (excludes halogenated alkanes) is 2. The zero-order valence-electron chi connectivity index (χ0n) is 14.8. The molecule has 0 amide bonds. The summed E-state index contributed by atoms with van der Waals surface area (Å²) in [4.78, 5) is 9.87. The van der Waals surface area contributed by atoms with E-state index in [1.165, 1.54) is 0 Å². The number of carboxylic acids is 1. The number of hydrogen-bond acceptors (Lipinski definition) is 4. The molecule has 0 saturated carbocycles. The second-order valence-corrected chi connectivity index (χ2v) is 5.13. The molecule has 0 aliphatic rings. The van der Waals surface area contributed by atoms with Gasteiger partial charge in [0.2, 0.25) is 0 Å². The largest absolute Gasteiger partial charge is 0.481 e. The van der Waals surface area contributed by atoms with Gasteiger partial charge in [0.25, 0.3) is 0 Å². The number of carbonyl (C=O) groups is 1. The van der Waals surface area contributed by atoms with Crippen molar-refractivity contribution in [3.8, 4) is 0 Å². The predicted octanol–water partition coefficient (Wildman–Crippen LogP) is 2.81. The fourth-order valence-electron chi connectivity index (χ4n) is 0.526. The molecule has 0 fully saturated rings. The van der Waals surface area contributed by atoms with Crippen LogP contribution in [0.15, 0.2) is 0 Å². The van der Waals surface area contributed by atoms with Crippen LogP contribution in [0.25, 0.3) is 0 Å². The Morgan fingerprint density at radius 1 is 0.810 bits per heavy atom. The molecule has 0 radical (unpaired) electrons. The van der Waals surface area contributed by atoms with E-state index in [2.05, 4.69) is 6.92 Å². The Bertz CT molecular complexity index is 151. The number of aliphatic carboxylic acids is 1. The van der Waals surface area contributed by atoms with Gasteiger partial charge in [0.05, 0.1) is 0 Å². The van der Waals surface area contributed by atoms with E-state index in [9.17, 15) is 4.79 Å². The minimum Gasteiger partial charge on any atom is -0.481 e. The monoisotopic (exact) mass is 344 g/mol. The minimum atomic E-state index is -0.682. The van der Waals surface area contributed by atoms with Gasteiger partial charge in [-0.05, 0) is 48.0 Å². The van der Waals surface area contributed by atoms with Crippen molar-refractivity contribution in [1.82, 2.24) is 0 Å². The molecular weight excluding hydrogens is 308 g/mol. The van der Waals surface area contributed by atoms with Gasteiger partial charge in [-0.2, -0.15) is 0 Å². The summed E-state index contributed by atoms with van der Waals surface area (Å²) in [5, 5.41) is 32.3. The van der Waals surface area contributed by atoms with Gasteiger partial charge in [0, 0.05) is 46.5 Å². The molecule has 0 aliphatic heterocycles. The van der Waals surface area contributed by atoms with E-state index in [1.807, 2.05) is 0 Å². The number of hydrogen-bond donors (Lipinski definition) is 4. The molecule has 0 saturated heterocycles. The third kappa shape index (κ3) is 255. The first-order valence-electron chi connectivity index (χ1n) is 7.23. The molecule has 0 rings (SSSR count). The Morgan fingerprint density at radius 3 is 1.19 bits per heavy atom. The van der Waals surface area contributed by atoms with Crippen LogP contribution in [0, 0.1) is 0 Å². The van der Waals surface area contributed by atoms with Gasteiger partial charge in [-0.25, -0.2) is 0 Å². The van der Waals surface area contributed by atoms with Crippen LogP contribution in [0.1, 0.15) is 74.1 Å². The summed E-state index contributed by atoms with van der Waals surface area (Å²) in [5.74, 6) is -0.682. The normalized spacial score (nSPS) is 8.62. The van der Waals surface area contributed by atoms with Gasteiger partial charge in [-0.3, -0.25) is 4.79 Å². The molecule has 0 aromatic carbocycles. The maximum Gasteiger partial charge on any atom is 0.303 e. The van der Waals surface area contributed by atoms with E-state index in [0.717, 1.165) is 19.3 Å². The van der Waals surface area contributed by atoms with Gasteiger partial charge in [0.15, 0.2) is 0 Å². The fourth-order valence-corrected chi connectivity index (χ4v) is 0.526. The zero-order chi connectivity index (χ0) is 17.1. The molecule has 0 bridgehead atoms. The second kappa shape index (κ2) is 28.3. The van der Waals surface area contributed by atoms with Crippen LogP contribution in [0.4, 0.5) is 0 Å². The molecule has 0 aliphatic carbocycles. The Kier molecular flexibility index (Phi) is 44.2. The van der Waals surface area contributed by atoms with Gasteiger partial charge in [0.1, 0.15) is 0 Å². The summed E-state index contributed by atoms with van der Waals surface area (Å²) in [6.07, 6.45) is 2.78. The first-order chi connectivity index (χ1) is 8.97. The van der Waals surface area contributed by atoms with E-state index in [-0.39, 0.29) is 40.0 Å². The second-order valence-electron chi connectivity index (χ2n) is 5.13. The molecular formula is C15H36O5Ti. The summed E-state index contributed by atoms with van der Waals surface area (Å²) in [5.41, 5.74) is 0. The quantitative estimate of drug-likeness (QED) is 0.464. The van der Waals surface area contributed by atoms with Crippen LogP contribution in [-0.2, 0) is 26.5 Å². The number of carboxylic acid groups (broad SMARTS) is 1. The van der Waals surface area contributed by atoms with Crippen LogP contribution >= 0.6 is 0 Å². The molecule has 0 aromatic heterocycles. The van der Waals surface area contributed by atoms with E-state index in [1.54, 1.807) is 41.5 Å². The van der Waals surface area contributed by atoms with Gasteiger partial charge in [-0.1, -0.05) is 19.8 Å². The first kappa shape index (κ1) is 32.9. The topological polar surface area (TPSA) is 98.0 Å². The van der Waals surface area contributed by atoms with Gasteiger partial charge in [-0.15, -0.1) is 0 Å². The third-order valence-corrected chi connectivity index (χ3v) is 0.994. The Morgan fingerprint density at radius 2 is 1.05 bits per heavy atom. The van der Waals surface area contributed by atoms with E-state index < -0.39 is 5.97 Å². The summed E-state index contributed by atoms with van der Waals surface area (Å²) in [6, 6.07) is 0. The molecule has 0 atom stereocenters. The van der Waals surface area contributed by atoms with Gasteiger partial charge >= 0.3 is 5.97 Å². The minimum absolute atomic E-state index is 0. The smallest absolute Gasteiger partial charge is 0.303 e. The summed E-state index contributed by atoms with van der Waals surface area (Å²) < 4.78 is 0. The van der Waals surface area contributed by atoms with Gasteiger partial charge < -0.3 is 20.4 Å². The molecule has 5 nitrogen and oxygen atoms in total. The average molecular weight is 344 g/mol. The number of aliphatic hydroxyl groups excluding tert-OH is 3. The van der Waals surface area contributed by atoms with E-state index >= 15 is 0 Å². The Hall–Kier alpha value is 0.0643. The summed E-state index contributed by atoms with van der Waals surface area (Å²) in [6.45, 7) is 12.4. The summed E-state index contributed by atoms with van der Waals surface area (Å²) >= 11 is 0. The molecule has 21 heavy (non-hydrogen) atoms.